The van der Waals surface area contributed by atoms with Gasteiger partial charge in [0.1, 0.15) is 16.3 Å². The van der Waals surface area contributed by atoms with E-state index in [4.69, 9.17) is 9.15 Å². The summed E-state index contributed by atoms with van der Waals surface area (Å²) >= 11 is 1.24. The zero-order valence-corrected chi connectivity index (χ0v) is 17.6. The minimum absolute atomic E-state index is 0.0333. The lowest BCUT2D eigenvalue weighted by molar-refractivity contribution is -0.137. The highest BCUT2D eigenvalue weighted by Crippen LogP contribution is 2.41. The van der Waals surface area contributed by atoms with Gasteiger partial charge >= 0.3 is 12.1 Å². The number of rotatable bonds is 4. The normalized spacial score (nSPS) is 11.5. The molecule has 32 heavy (non-hydrogen) atoms. The lowest BCUT2D eigenvalue weighted by Gasteiger charge is -2.12. The van der Waals surface area contributed by atoms with E-state index in [0.717, 1.165) is 16.8 Å². The van der Waals surface area contributed by atoms with Crippen LogP contribution in [0.2, 0.25) is 0 Å². The molecule has 0 unspecified atom stereocenters. The van der Waals surface area contributed by atoms with Crippen molar-refractivity contribution in [1.29, 1.82) is 0 Å². The highest BCUT2D eigenvalue weighted by atomic mass is 32.1. The van der Waals surface area contributed by atoms with Crippen molar-refractivity contribution in [3.05, 3.63) is 71.0 Å². The van der Waals surface area contributed by atoms with Crippen molar-refractivity contribution in [1.82, 2.24) is 4.98 Å². The highest BCUT2D eigenvalue weighted by Gasteiger charge is 2.36. The number of ether oxygens (including phenoxy) is 1. The van der Waals surface area contributed by atoms with E-state index >= 15 is 0 Å². The third-order valence-corrected chi connectivity index (χ3v) is 5.74. The molecule has 0 saturated carbocycles. The van der Waals surface area contributed by atoms with Crippen molar-refractivity contribution in [3.8, 4) is 10.6 Å². The molecule has 0 aliphatic rings. The van der Waals surface area contributed by atoms with Crippen LogP contribution in [0.1, 0.15) is 32.0 Å². The average molecular weight is 460 g/mol. The SMILES string of the molecule is COC(=O)c1c(C)oc(NC(=O)c2ccccc2C(F)(F)F)c1-c1nc2ccccc2s1. The number of aromatic nitrogens is 1. The molecule has 2 heterocycles. The van der Waals surface area contributed by atoms with Crippen LogP contribution in [-0.2, 0) is 10.9 Å². The van der Waals surface area contributed by atoms with Crippen LogP contribution >= 0.6 is 11.3 Å². The summed E-state index contributed by atoms with van der Waals surface area (Å²) in [6, 6.07) is 11.6. The van der Waals surface area contributed by atoms with Crippen molar-refractivity contribution in [3.63, 3.8) is 0 Å². The van der Waals surface area contributed by atoms with Crippen molar-refractivity contribution in [2.24, 2.45) is 0 Å². The van der Waals surface area contributed by atoms with Crippen molar-refractivity contribution in [2.75, 3.05) is 12.4 Å². The molecule has 0 spiro atoms. The number of benzene rings is 2. The first-order chi connectivity index (χ1) is 15.2. The van der Waals surface area contributed by atoms with Gasteiger partial charge in [-0.15, -0.1) is 11.3 Å². The standard InChI is InChI=1S/C22H15F3N2O4S/c1-11-16(21(29)30-2)17(20-26-14-9-5-6-10-15(14)32-20)19(31-11)27-18(28)12-7-3-4-8-13(12)22(23,24)25/h3-10H,1-2H3,(H,27,28). The Balaban J connectivity index is 1.84. The second kappa shape index (κ2) is 8.12. The Morgan fingerprint density at radius 3 is 2.47 bits per heavy atom. The topological polar surface area (TPSA) is 81.4 Å². The predicted octanol–water partition coefficient (Wildman–Crippen LogP) is 5.92. The van der Waals surface area contributed by atoms with Gasteiger partial charge in [-0.2, -0.15) is 13.2 Å². The molecule has 0 aliphatic carbocycles. The molecule has 4 rings (SSSR count). The number of hydrogen-bond acceptors (Lipinski definition) is 6. The Hall–Kier alpha value is -3.66. The van der Waals surface area contributed by atoms with Crippen LogP contribution < -0.4 is 5.32 Å². The van der Waals surface area contributed by atoms with E-state index in [9.17, 15) is 22.8 Å². The van der Waals surface area contributed by atoms with Gasteiger partial charge in [-0.1, -0.05) is 24.3 Å². The maximum Gasteiger partial charge on any atom is 0.417 e. The van der Waals surface area contributed by atoms with Gasteiger partial charge in [-0.25, -0.2) is 9.78 Å². The Bertz CT molecular complexity index is 1310. The number of para-hydroxylation sites is 1. The summed E-state index contributed by atoms with van der Waals surface area (Å²) < 4.78 is 51.3. The first-order valence-corrected chi connectivity index (χ1v) is 10.1. The number of halogens is 3. The van der Waals surface area contributed by atoms with Gasteiger partial charge in [-0.05, 0) is 31.2 Å². The number of aryl methyl sites for hydroxylation is 1. The molecule has 0 fully saturated rings. The van der Waals surface area contributed by atoms with E-state index in [2.05, 4.69) is 10.3 Å². The molecule has 0 saturated heterocycles. The summed E-state index contributed by atoms with van der Waals surface area (Å²) in [4.78, 5) is 29.7. The quantitative estimate of drug-likeness (QED) is 0.382. The number of alkyl halides is 3. The van der Waals surface area contributed by atoms with E-state index in [1.54, 1.807) is 12.1 Å². The number of anilines is 1. The molecule has 1 N–H and O–H groups in total. The number of nitrogens with one attached hydrogen (secondary N) is 1. The number of carbonyl (C=O) groups is 2. The van der Waals surface area contributed by atoms with Crippen LogP contribution in [0.4, 0.5) is 19.1 Å². The smallest absolute Gasteiger partial charge is 0.417 e. The predicted molar refractivity (Wildman–Crippen MR) is 113 cm³/mol. The highest BCUT2D eigenvalue weighted by molar-refractivity contribution is 7.21. The number of nitrogens with zero attached hydrogens (tertiary/aromatic N) is 1. The minimum atomic E-state index is -4.72. The van der Waals surface area contributed by atoms with Gasteiger partial charge in [0.2, 0.25) is 5.88 Å². The molecule has 10 heteroatoms. The molecule has 0 aliphatic heterocycles. The fourth-order valence-electron chi connectivity index (χ4n) is 3.26. The summed E-state index contributed by atoms with van der Waals surface area (Å²) in [5.41, 5.74) is -0.833. The number of hydrogen-bond donors (Lipinski definition) is 1. The fraction of sp³-hybridized carbons (Fsp3) is 0.136. The van der Waals surface area contributed by atoms with Gasteiger partial charge < -0.3 is 9.15 Å². The maximum absolute atomic E-state index is 13.4. The zero-order valence-electron chi connectivity index (χ0n) is 16.7. The number of furan rings is 1. The number of thiazole rings is 1. The molecule has 0 atom stereocenters. The molecule has 2 aromatic heterocycles. The Morgan fingerprint density at radius 1 is 1.09 bits per heavy atom. The molecule has 6 nitrogen and oxygen atoms in total. The first kappa shape index (κ1) is 21.6. The Kier molecular flexibility index (Phi) is 5.47. The van der Waals surface area contributed by atoms with Gasteiger partial charge in [0.05, 0.1) is 34.0 Å². The number of esters is 1. The van der Waals surface area contributed by atoms with Gasteiger partial charge in [0, 0.05) is 0 Å². The molecular weight excluding hydrogens is 445 g/mol. The summed E-state index contributed by atoms with van der Waals surface area (Å²) in [6.45, 7) is 1.49. The van der Waals surface area contributed by atoms with Crippen LogP contribution in [0, 0.1) is 6.92 Å². The van der Waals surface area contributed by atoms with Crippen LogP contribution in [-0.4, -0.2) is 24.0 Å². The molecule has 2 aromatic carbocycles. The Morgan fingerprint density at radius 2 is 1.78 bits per heavy atom. The van der Waals surface area contributed by atoms with E-state index in [1.165, 1.54) is 37.5 Å². The third kappa shape index (κ3) is 3.84. The van der Waals surface area contributed by atoms with Crippen LogP contribution in [0.3, 0.4) is 0 Å². The van der Waals surface area contributed by atoms with Crippen LogP contribution in [0.15, 0.2) is 52.9 Å². The van der Waals surface area contributed by atoms with E-state index in [-0.39, 0.29) is 22.8 Å². The molecule has 0 bridgehead atoms. The summed E-state index contributed by atoms with van der Waals surface area (Å²) in [5, 5.41) is 2.73. The van der Waals surface area contributed by atoms with E-state index < -0.39 is 29.2 Å². The van der Waals surface area contributed by atoms with Gasteiger partial charge in [0.15, 0.2) is 0 Å². The fourth-order valence-corrected chi connectivity index (χ4v) is 4.28. The lowest BCUT2D eigenvalue weighted by Crippen LogP contribution is -2.18. The summed E-state index contributed by atoms with van der Waals surface area (Å²) in [7, 11) is 1.19. The maximum atomic E-state index is 13.4. The Labute approximate surface area is 183 Å². The summed E-state index contributed by atoms with van der Waals surface area (Å²) in [5.74, 6) is -1.82. The van der Waals surface area contributed by atoms with Gasteiger partial charge in [0.25, 0.3) is 5.91 Å². The van der Waals surface area contributed by atoms with Crippen molar-refractivity contribution < 1.29 is 31.9 Å². The van der Waals surface area contributed by atoms with E-state index in [0.29, 0.717) is 10.5 Å². The number of amides is 1. The van der Waals surface area contributed by atoms with Gasteiger partial charge in [-0.3, -0.25) is 10.1 Å². The average Bonchev–Trinajstić information content (AvgIpc) is 3.32. The molecule has 164 valence electrons. The third-order valence-electron chi connectivity index (χ3n) is 4.69. The van der Waals surface area contributed by atoms with Crippen LogP contribution in [0.25, 0.3) is 20.8 Å². The number of fused-ring (bicyclic) bond motifs is 1. The minimum Gasteiger partial charge on any atom is -0.465 e. The second-order valence-electron chi connectivity index (χ2n) is 6.71. The lowest BCUT2D eigenvalue weighted by atomic mass is 10.1. The number of methoxy groups -OCH3 is 1. The molecule has 0 radical (unpaired) electrons. The largest absolute Gasteiger partial charge is 0.465 e. The molecular formula is C22H15F3N2O4S. The molecule has 4 aromatic rings. The van der Waals surface area contributed by atoms with Crippen molar-refractivity contribution in [2.45, 2.75) is 13.1 Å². The number of carbonyl (C=O) groups excluding carboxylic acids is 2. The van der Waals surface area contributed by atoms with Crippen molar-refractivity contribution >= 4 is 39.3 Å². The van der Waals surface area contributed by atoms with E-state index in [1.807, 2.05) is 12.1 Å². The first-order valence-electron chi connectivity index (χ1n) is 9.26. The zero-order chi connectivity index (χ0) is 23.0. The summed E-state index contributed by atoms with van der Waals surface area (Å²) in [6.07, 6.45) is -4.72. The monoisotopic (exact) mass is 460 g/mol. The van der Waals surface area contributed by atoms with Crippen LogP contribution in [0.5, 0.6) is 0 Å². The second-order valence-corrected chi connectivity index (χ2v) is 7.74. The molecule has 1 amide bonds.